The van der Waals surface area contributed by atoms with Crippen molar-refractivity contribution in [1.82, 2.24) is 5.32 Å². The van der Waals surface area contributed by atoms with Gasteiger partial charge in [-0.1, -0.05) is 32.1 Å². The Labute approximate surface area is 103 Å². The van der Waals surface area contributed by atoms with Crippen LogP contribution in [0, 0.1) is 5.92 Å². The molecule has 0 aromatic heterocycles. The van der Waals surface area contributed by atoms with Crippen molar-refractivity contribution >= 4 is 11.9 Å². The Morgan fingerprint density at radius 1 is 1.29 bits per heavy atom. The van der Waals surface area contributed by atoms with Crippen LogP contribution in [0.5, 0.6) is 0 Å². The lowest BCUT2D eigenvalue weighted by Gasteiger charge is -2.21. The van der Waals surface area contributed by atoms with Gasteiger partial charge in [0, 0.05) is 6.42 Å². The zero-order valence-electron chi connectivity index (χ0n) is 10.8. The molecule has 0 aromatic rings. The number of nitrogens with one attached hydrogen (secondary N) is 1. The minimum atomic E-state index is -0.543. The first-order valence-corrected chi connectivity index (χ1v) is 6.50. The Balaban J connectivity index is 2.18. The molecule has 1 aliphatic carbocycles. The molecule has 1 unspecified atom stereocenters. The molecule has 0 radical (unpaired) electrons. The van der Waals surface area contributed by atoms with E-state index in [-0.39, 0.29) is 5.91 Å². The molecule has 0 spiro atoms. The third-order valence-electron chi connectivity index (χ3n) is 3.44. The molecule has 1 saturated carbocycles. The predicted molar refractivity (Wildman–Crippen MR) is 65.4 cm³/mol. The molecule has 98 valence electrons. The Morgan fingerprint density at radius 2 is 1.94 bits per heavy atom. The highest BCUT2D eigenvalue weighted by Crippen LogP contribution is 2.27. The number of hydrogen-bond donors (Lipinski definition) is 1. The van der Waals surface area contributed by atoms with Crippen molar-refractivity contribution in [2.24, 2.45) is 5.92 Å². The number of methoxy groups -OCH3 is 1. The Hall–Kier alpha value is -1.06. The maximum absolute atomic E-state index is 11.6. The van der Waals surface area contributed by atoms with Crippen LogP contribution in [0.25, 0.3) is 0 Å². The van der Waals surface area contributed by atoms with E-state index in [0.29, 0.717) is 12.3 Å². The van der Waals surface area contributed by atoms with Gasteiger partial charge in [0.05, 0.1) is 7.11 Å². The van der Waals surface area contributed by atoms with Crippen molar-refractivity contribution in [3.8, 4) is 0 Å². The number of hydrogen-bond acceptors (Lipinski definition) is 3. The first kappa shape index (κ1) is 14.0. The van der Waals surface area contributed by atoms with Gasteiger partial charge in [0.25, 0.3) is 0 Å². The standard InChI is InChI=1S/C13H23NO3/c1-10(13(16)17-2)14-12(15)9-8-11-6-4-3-5-7-11/h10-11H,3-9H2,1-2H3,(H,14,15). The zero-order valence-corrected chi connectivity index (χ0v) is 10.8. The quantitative estimate of drug-likeness (QED) is 0.749. The average molecular weight is 241 g/mol. The van der Waals surface area contributed by atoms with Crippen LogP contribution in [0.2, 0.25) is 0 Å². The molecule has 0 heterocycles. The molecule has 1 amide bonds. The Bertz CT molecular complexity index is 259. The smallest absolute Gasteiger partial charge is 0.328 e. The van der Waals surface area contributed by atoms with E-state index in [1.807, 2.05) is 0 Å². The van der Waals surface area contributed by atoms with Gasteiger partial charge < -0.3 is 10.1 Å². The average Bonchev–Trinajstić information content (AvgIpc) is 2.36. The highest BCUT2D eigenvalue weighted by molar-refractivity contribution is 5.83. The van der Waals surface area contributed by atoms with Crippen LogP contribution in [0.4, 0.5) is 0 Å². The van der Waals surface area contributed by atoms with Gasteiger partial charge in [-0.15, -0.1) is 0 Å². The third kappa shape index (κ3) is 5.20. The van der Waals surface area contributed by atoms with Crippen molar-refractivity contribution in [1.29, 1.82) is 0 Å². The summed E-state index contributed by atoms with van der Waals surface area (Å²) in [6.45, 7) is 1.64. The number of carbonyl (C=O) groups is 2. The van der Waals surface area contributed by atoms with E-state index in [4.69, 9.17) is 0 Å². The lowest BCUT2D eigenvalue weighted by Crippen LogP contribution is -2.39. The molecule has 0 saturated heterocycles. The number of rotatable bonds is 5. The fourth-order valence-electron chi connectivity index (χ4n) is 2.36. The first-order valence-electron chi connectivity index (χ1n) is 6.50. The first-order chi connectivity index (χ1) is 8.13. The summed E-state index contributed by atoms with van der Waals surface area (Å²) in [6.07, 6.45) is 7.89. The fraction of sp³-hybridized carbons (Fsp3) is 0.846. The van der Waals surface area contributed by atoms with Gasteiger partial charge in [-0.3, -0.25) is 4.79 Å². The number of esters is 1. The second-order valence-corrected chi connectivity index (χ2v) is 4.86. The molecule has 0 aliphatic heterocycles. The van der Waals surface area contributed by atoms with Crippen molar-refractivity contribution in [3.05, 3.63) is 0 Å². The molecule has 0 bridgehead atoms. The van der Waals surface area contributed by atoms with Gasteiger partial charge in [0.2, 0.25) is 5.91 Å². The summed E-state index contributed by atoms with van der Waals surface area (Å²) < 4.78 is 4.55. The molecule has 4 nitrogen and oxygen atoms in total. The maximum Gasteiger partial charge on any atom is 0.328 e. The van der Waals surface area contributed by atoms with Crippen molar-refractivity contribution in [2.45, 2.75) is 57.9 Å². The second kappa shape index (κ2) is 7.30. The van der Waals surface area contributed by atoms with Gasteiger partial charge in [-0.2, -0.15) is 0 Å². The SMILES string of the molecule is COC(=O)C(C)NC(=O)CCC1CCCCC1. The van der Waals surface area contributed by atoms with Gasteiger partial charge in [0.15, 0.2) is 0 Å². The summed E-state index contributed by atoms with van der Waals surface area (Å²) in [7, 11) is 1.33. The molecule has 1 N–H and O–H groups in total. The zero-order chi connectivity index (χ0) is 12.7. The van der Waals surface area contributed by atoms with Crippen molar-refractivity contribution < 1.29 is 14.3 Å². The highest BCUT2D eigenvalue weighted by Gasteiger charge is 2.18. The van der Waals surface area contributed by atoms with Crippen LogP contribution in [-0.2, 0) is 14.3 Å². The van der Waals surface area contributed by atoms with E-state index in [2.05, 4.69) is 10.1 Å². The van der Waals surface area contributed by atoms with E-state index >= 15 is 0 Å². The van der Waals surface area contributed by atoms with Gasteiger partial charge in [0.1, 0.15) is 6.04 Å². The Morgan fingerprint density at radius 3 is 2.53 bits per heavy atom. The lowest BCUT2D eigenvalue weighted by molar-refractivity contribution is -0.144. The lowest BCUT2D eigenvalue weighted by atomic mass is 9.86. The molecule has 1 rings (SSSR count). The van der Waals surface area contributed by atoms with Crippen LogP contribution >= 0.6 is 0 Å². The molecule has 1 atom stereocenters. The number of amides is 1. The summed E-state index contributed by atoms with van der Waals surface area (Å²) in [4.78, 5) is 22.7. The van der Waals surface area contributed by atoms with Gasteiger partial charge in [-0.25, -0.2) is 4.79 Å². The molecular weight excluding hydrogens is 218 g/mol. The van der Waals surface area contributed by atoms with Gasteiger partial charge >= 0.3 is 5.97 Å². The largest absolute Gasteiger partial charge is 0.467 e. The maximum atomic E-state index is 11.6. The third-order valence-corrected chi connectivity index (χ3v) is 3.44. The van der Waals surface area contributed by atoms with Crippen LogP contribution in [0.1, 0.15) is 51.9 Å². The van der Waals surface area contributed by atoms with E-state index in [1.54, 1.807) is 6.92 Å². The van der Waals surface area contributed by atoms with Gasteiger partial charge in [-0.05, 0) is 19.3 Å². The molecule has 17 heavy (non-hydrogen) atoms. The summed E-state index contributed by atoms with van der Waals surface area (Å²) in [5, 5.41) is 2.66. The summed E-state index contributed by atoms with van der Waals surface area (Å²) in [5.41, 5.74) is 0. The number of ether oxygens (including phenoxy) is 1. The van der Waals surface area contributed by atoms with Crippen LogP contribution in [0.15, 0.2) is 0 Å². The molecule has 0 aromatic carbocycles. The minimum absolute atomic E-state index is 0.0477. The predicted octanol–water partition coefficient (Wildman–Crippen LogP) is 2.02. The molecule has 1 aliphatic rings. The van der Waals surface area contributed by atoms with E-state index < -0.39 is 12.0 Å². The van der Waals surface area contributed by atoms with Crippen LogP contribution in [0.3, 0.4) is 0 Å². The van der Waals surface area contributed by atoms with Crippen LogP contribution in [-0.4, -0.2) is 25.0 Å². The minimum Gasteiger partial charge on any atom is -0.467 e. The van der Waals surface area contributed by atoms with Crippen LogP contribution < -0.4 is 5.32 Å². The topological polar surface area (TPSA) is 55.4 Å². The monoisotopic (exact) mass is 241 g/mol. The number of carbonyl (C=O) groups excluding carboxylic acids is 2. The van der Waals surface area contributed by atoms with E-state index in [9.17, 15) is 9.59 Å². The highest BCUT2D eigenvalue weighted by atomic mass is 16.5. The normalized spacial score (nSPS) is 18.5. The van der Waals surface area contributed by atoms with E-state index in [1.165, 1.54) is 39.2 Å². The summed E-state index contributed by atoms with van der Waals surface area (Å²) >= 11 is 0. The molecule has 1 fully saturated rings. The second-order valence-electron chi connectivity index (χ2n) is 4.86. The molecular formula is C13H23NO3. The Kier molecular flexibility index (Phi) is 6.01. The summed E-state index contributed by atoms with van der Waals surface area (Å²) in [5.74, 6) is 0.257. The molecule has 4 heteroatoms. The summed E-state index contributed by atoms with van der Waals surface area (Å²) in [6, 6.07) is -0.543. The van der Waals surface area contributed by atoms with Crippen molar-refractivity contribution in [3.63, 3.8) is 0 Å². The fourth-order valence-corrected chi connectivity index (χ4v) is 2.36. The van der Waals surface area contributed by atoms with E-state index in [0.717, 1.165) is 6.42 Å². The van der Waals surface area contributed by atoms with Crippen molar-refractivity contribution in [2.75, 3.05) is 7.11 Å².